The number of morpholine rings is 1. The second-order valence-corrected chi connectivity index (χ2v) is 11.9. The molecule has 2 aliphatic rings. The lowest BCUT2D eigenvalue weighted by atomic mass is 10.3. The van der Waals surface area contributed by atoms with Crippen molar-refractivity contribution in [2.45, 2.75) is 24.2 Å². The quantitative estimate of drug-likeness (QED) is 0.464. The van der Waals surface area contributed by atoms with Crippen molar-refractivity contribution in [1.82, 2.24) is 14.5 Å². The molecule has 2 saturated heterocycles. The lowest BCUT2D eigenvalue weighted by molar-refractivity contribution is -0.119. The minimum atomic E-state index is -3.74. The number of benzene rings is 1. The van der Waals surface area contributed by atoms with E-state index in [1.54, 1.807) is 0 Å². The first-order valence-electron chi connectivity index (χ1n) is 10.8. The van der Waals surface area contributed by atoms with Crippen LogP contribution in [0.15, 0.2) is 29.2 Å². The van der Waals surface area contributed by atoms with Crippen LogP contribution >= 0.6 is 0 Å². The van der Waals surface area contributed by atoms with Crippen LogP contribution in [0.3, 0.4) is 0 Å². The van der Waals surface area contributed by atoms with E-state index in [9.17, 15) is 21.6 Å². The molecule has 2 aliphatic heterocycles. The smallest absolute Gasteiger partial charge is 0.243 e. The number of carbonyl (C=O) groups excluding carboxylic acids is 1. The van der Waals surface area contributed by atoms with E-state index >= 15 is 0 Å². The highest BCUT2D eigenvalue weighted by atomic mass is 32.2. The Morgan fingerprint density at radius 3 is 2.25 bits per heavy atom. The number of rotatable bonds is 10. The average Bonchev–Trinajstić information content (AvgIpc) is 3.29. The molecule has 3 rings (SSSR count). The summed E-state index contributed by atoms with van der Waals surface area (Å²) in [5.74, 6) is -0.401. The minimum Gasteiger partial charge on any atom is -0.379 e. The molecule has 0 saturated carbocycles. The van der Waals surface area contributed by atoms with Crippen molar-refractivity contribution in [3.05, 3.63) is 24.3 Å². The maximum atomic E-state index is 12.8. The zero-order valence-electron chi connectivity index (χ0n) is 18.4. The van der Waals surface area contributed by atoms with Crippen LogP contribution in [0.1, 0.15) is 19.3 Å². The lowest BCUT2D eigenvalue weighted by Gasteiger charge is -2.26. The molecule has 0 bridgehead atoms. The summed E-state index contributed by atoms with van der Waals surface area (Å²) in [5, 5.41) is 2.77. The zero-order valence-corrected chi connectivity index (χ0v) is 20.0. The summed E-state index contributed by atoms with van der Waals surface area (Å²) in [7, 11) is -7.42. The Hall–Kier alpha value is -1.73. The zero-order chi connectivity index (χ0) is 23.2. The molecule has 32 heavy (non-hydrogen) atoms. The van der Waals surface area contributed by atoms with Gasteiger partial charge in [-0.2, -0.15) is 4.31 Å². The molecule has 12 heteroatoms. The minimum absolute atomic E-state index is 0.0722. The van der Waals surface area contributed by atoms with Crippen molar-refractivity contribution in [1.29, 1.82) is 0 Å². The van der Waals surface area contributed by atoms with E-state index in [1.165, 1.54) is 41.4 Å². The van der Waals surface area contributed by atoms with Crippen molar-refractivity contribution in [3.8, 4) is 0 Å². The maximum Gasteiger partial charge on any atom is 0.243 e. The molecule has 0 aromatic heterocycles. The summed E-state index contributed by atoms with van der Waals surface area (Å²) < 4.78 is 57.6. The predicted molar refractivity (Wildman–Crippen MR) is 122 cm³/mol. The summed E-state index contributed by atoms with van der Waals surface area (Å²) in [5.41, 5.74) is 0.237. The van der Waals surface area contributed by atoms with Gasteiger partial charge in [0.05, 0.1) is 30.1 Å². The molecule has 1 aromatic rings. The van der Waals surface area contributed by atoms with Crippen molar-refractivity contribution in [3.63, 3.8) is 0 Å². The largest absolute Gasteiger partial charge is 0.379 e. The Balaban J connectivity index is 1.61. The number of hydrogen-bond donors (Lipinski definition) is 1. The number of nitrogens with one attached hydrogen (secondary N) is 1. The van der Waals surface area contributed by atoms with Crippen LogP contribution in [0.2, 0.25) is 0 Å². The van der Waals surface area contributed by atoms with Crippen LogP contribution in [0.5, 0.6) is 0 Å². The van der Waals surface area contributed by atoms with Gasteiger partial charge in [-0.1, -0.05) is 0 Å². The average molecular weight is 489 g/mol. The van der Waals surface area contributed by atoms with Crippen molar-refractivity contribution < 1.29 is 26.4 Å². The third-order valence-corrected chi connectivity index (χ3v) is 8.65. The van der Waals surface area contributed by atoms with E-state index in [2.05, 4.69) is 10.2 Å². The van der Waals surface area contributed by atoms with Gasteiger partial charge in [-0.25, -0.2) is 16.8 Å². The Bertz CT molecular complexity index is 970. The van der Waals surface area contributed by atoms with Gasteiger partial charge in [0.25, 0.3) is 0 Å². The van der Waals surface area contributed by atoms with Crippen molar-refractivity contribution in [2.75, 3.05) is 69.6 Å². The highest BCUT2D eigenvalue weighted by Gasteiger charge is 2.27. The summed E-state index contributed by atoms with van der Waals surface area (Å²) in [6, 6.07) is 5.56. The summed E-state index contributed by atoms with van der Waals surface area (Å²) >= 11 is 0. The van der Waals surface area contributed by atoms with Gasteiger partial charge in [0.15, 0.2) is 0 Å². The molecule has 10 nitrogen and oxygen atoms in total. The molecule has 2 fully saturated rings. The number of anilines is 1. The predicted octanol–water partition coefficient (Wildman–Crippen LogP) is 0.0756. The van der Waals surface area contributed by atoms with Gasteiger partial charge in [-0.05, 0) is 63.2 Å². The van der Waals surface area contributed by atoms with Crippen LogP contribution in [0.25, 0.3) is 0 Å². The Kier molecular flexibility index (Phi) is 8.50. The van der Waals surface area contributed by atoms with Gasteiger partial charge >= 0.3 is 0 Å². The van der Waals surface area contributed by atoms with E-state index in [0.29, 0.717) is 19.8 Å². The molecule has 0 radical (unpaired) electrons. The van der Waals surface area contributed by atoms with Crippen molar-refractivity contribution in [2.24, 2.45) is 0 Å². The lowest BCUT2D eigenvalue weighted by Crippen LogP contribution is -2.41. The van der Waals surface area contributed by atoms with Gasteiger partial charge in [0.2, 0.25) is 26.0 Å². The second kappa shape index (κ2) is 10.9. The van der Waals surface area contributed by atoms with Crippen LogP contribution in [-0.2, 0) is 29.6 Å². The van der Waals surface area contributed by atoms with Crippen LogP contribution in [0.4, 0.5) is 5.69 Å². The van der Waals surface area contributed by atoms with E-state index in [1.807, 2.05) is 0 Å². The molecule has 0 unspecified atom stereocenters. The highest BCUT2D eigenvalue weighted by molar-refractivity contribution is 7.92. The first kappa shape index (κ1) is 24.9. The molecule has 1 aromatic carbocycles. The standard InChI is InChI=1S/C20H32N4O6S2/c1-31(26,27)24(17-20(25)21-9-4-12-22-10-2-3-11-22)18-5-7-19(8-6-18)32(28,29)23-13-15-30-16-14-23/h5-8H,2-4,9-17H2,1H3,(H,21,25). The van der Waals surface area contributed by atoms with Gasteiger partial charge in [0.1, 0.15) is 6.54 Å². The van der Waals surface area contributed by atoms with Gasteiger partial charge in [-0.3, -0.25) is 9.10 Å². The van der Waals surface area contributed by atoms with E-state index in [4.69, 9.17) is 4.74 Å². The Labute approximate surface area is 190 Å². The molecule has 0 aliphatic carbocycles. The SMILES string of the molecule is CS(=O)(=O)N(CC(=O)NCCCN1CCCC1)c1ccc(S(=O)(=O)N2CCOCC2)cc1. The summed E-state index contributed by atoms with van der Waals surface area (Å²) in [4.78, 5) is 14.8. The Morgan fingerprint density at radius 2 is 1.66 bits per heavy atom. The normalized spacial score (nSPS) is 18.5. The number of amides is 1. The van der Waals surface area contributed by atoms with Crippen LogP contribution < -0.4 is 9.62 Å². The number of hydrogen-bond acceptors (Lipinski definition) is 7. The van der Waals surface area contributed by atoms with Gasteiger partial charge in [0, 0.05) is 19.6 Å². The second-order valence-electron chi connectivity index (χ2n) is 8.03. The van der Waals surface area contributed by atoms with Gasteiger partial charge in [-0.15, -0.1) is 0 Å². The molecule has 1 amide bonds. The monoisotopic (exact) mass is 488 g/mol. The fraction of sp³-hybridized carbons (Fsp3) is 0.650. The number of ether oxygens (including phenoxy) is 1. The Morgan fingerprint density at radius 1 is 1.03 bits per heavy atom. The molecular formula is C20H32N4O6S2. The number of nitrogens with zero attached hydrogens (tertiary/aromatic N) is 3. The first-order valence-corrected chi connectivity index (χ1v) is 14.1. The molecular weight excluding hydrogens is 456 g/mol. The van der Waals surface area contributed by atoms with Crippen LogP contribution in [-0.4, -0.2) is 97.2 Å². The number of sulfonamides is 2. The molecule has 180 valence electrons. The molecule has 2 heterocycles. The number of likely N-dealkylation sites (tertiary alicyclic amines) is 1. The van der Waals surface area contributed by atoms with E-state index < -0.39 is 26.0 Å². The summed E-state index contributed by atoms with van der Waals surface area (Å²) in [6.45, 7) is 4.44. The molecule has 1 N–H and O–H groups in total. The molecule has 0 spiro atoms. The fourth-order valence-corrected chi connectivity index (χ4v) is 6.11. The number of carbonyl (C=O) groups is 1. The molecule has 0 atom stereocenters. The van der Waals surface area contributed by atoms with E-state index in [-0.39, 0.29) is 30.2 Å². The van der Waals surface area contributed by atoms with Crippen LogP contribution in [0, 0.1) is 0 Å². The van der Waals surface area contributed by atoms with Gasteiger partial charge < -0.3 is 15.0 Å². The maximum absolute atomic E-state index is 12.8. The van der Waals surface area contributed by atoms with Crippen molar-refractivity contribution >= 4 is 31.6 Å². The third-order valence-electron chi connectivity index (χ3n) is 5.59. The highest BCUT2D eigenvalue weighted by Crippen LogP contribution is 2.23. The van der Waals surface area contributed by atoms with E-state index in [0.717, 1.165) is 36.6 Å². The first-order chi connectivity index (χ1) is 15.2. The topological polar surface area (TPSA) is 116 Å². The summed E-state index contributed by atoms with van der Waals surface area (Å²) in [6.07, 6.45) is 4.25. The fourth-order valence-electron chi connectivity index (χ4n) is 3.84. The third kappa shape index (κ3) is 6.64.